The van der Waals surface area contributed by atoms with Crippen molar-refractivity contribution >= 4 is 5.97 Å². The monoisotopic (exact) mass is 237 g/mol. The van der Waals surface area contributed by atoms with Crippen LogP contribution in [0.25, 0.3) is 0 Å². The van der Waals surface area contributed by atoms with Crippen molar-refractivity contribution < 1.29 is 14.3 Å². The van der Waals surface area contributed by atoms with Gasteiger partial charge in [-0.05, 0) is 18.1 Å². The molecule has 17 heavy (non-hydrogen) atoms. The summed E-state index contributed by atoms with van der Waals surface area (Å²) >= 11 is 0. The van der Waals surface area contributed by atoms with Crippen LogP contribution in [0.4, 0.5) is 0 Å². The SMILES string of the molecule is CCc1ccc(OC)c(C(CN)C(=O)OC)c1. The molecule has 94 valence electrons. The lowest BCUT2D eigenvalue weighted by Crippen LogP contribution is -2.23. The van der Waals surface area contributed by atoms with Crippen molar-refractivity contribution in [3.8, 4) is 5.75 Å². The van der Waals surface area contributed by atoms with Crippen molar-refractivity contribution in [2.75, 3.05) is 20.8 Å². The molecule has 1 atom stereocenters. The van der Waals surface area contributed by atoms with E-state index in [9.17, 15) is 4.79 Å². The van der Waals surface area contributed by atoms with Gasteiger partial charge in [0.2, 0.25) is 0 Å². The summed E-state index contributed by atoms with van der Waals surface area (Å²) in [7, 11) is 2.94. The Morgan fingerprint density at radius 2 is 2.12 bits per heavy atom. The zero-order valence-corrected chi connectivity index (χ0v) is 10.5. The Bertz CT molecular complexity index is 390. The third-order valence-electron chi connectivity index (χ3n) is 2.80. The molecule has 0 aromatic heterocycles. The molecular formula is C13H19NO3. The van der Waals surface area contributed by atoms with Crippen molar-refractivity contribution in [1.82, 2.24) is 0 Å². The third kappa shape index (κ3) is 2.97. The van der Waals surface area contributed by atoms with E-state index in [-0.39, 0.29) is 12.5 Å². The molecule has 0 aliphatic carbocycles. The summed E-state index contributed by atoms with van der Waals surface area (Å²) in [6.45, 7) is 2.26. The molecule has 1 unspecified atom stereocenters. The largest absolute Gasteiger partial charge is 0.496 e. The molecule has 1 aromatic carbocycles. The normalized spacial score (nSPS) is 12.0. The Morgan fingerprint density at radius 1 is 1.41 bits per heavy atom. The maximum Gasteiger partial charge on any atom is 0.314 e. The Labute approximate surface area is 102 Å². The Balaban J connectivity index is 3.19. The van der Waals surface area contributed by atoms with Gasteiger partial charge in [-0.15, -0.1) is 0 Å². The maximum absolute atomic E-state index is 11.7. The molecule has 4 heteroatoms. The van der Waals surface area contributed by atoms with E-state index in [1.807, 2.05) is 18.2 Å². The van der Waals surface area contributed by atoms with Gasteiger partial charge >= 0.3 is 5.97 Å². The summed E-state index contributed by atoms with van der Waals surface area (Å²) in [6.07, 6.45) is 0.898. The van der Waals surface area contributed by atoms with Gasteiger partial charge in [-0.3, -0.25) is 4.79 Å². The predicted octanol–water partition coefficient (Wildman–Crippen LogP) is 1.47. The molecule has 0 heterocycles. The second-order valence-corrected chi connectivity index (χ2v) is 3.74. The summed E-state index contributed by atoms with van der Waals surface area (Å²) in [5, 5.41) is 0. The molecule has 0 fully saturated rings. The average Bonchev–Trinajstić information content (AvgIpc) is 2.39. The molecule has 0 amide bonds. The molecule has 1 aromatic rings. The van der Waals surface area contributed by atoms with E-state index in [0.29, 0.717) is 5.75 Å². The lowest BCUT2D eigenvalue weighted by atomic mass is 9.95. The minimum absolute atomic E-state index is 0.205. The first-order chi connectivity index (χ1) is 8.17. The third-order valence-corrected chi connectivity index (χ3v) is 2.80. The second kappa shape index (κ2) is 6.25. The zero-order chi connectivity index (χ0) is 12.8. The zero-order valence-electron chi connectivity index (χ0n) is 10.5. The number of carbonyl (C=O) groups is 1. The number of hydrogen-bond donors (Lipinski definition) is 1. The van der Waals surface area contributed by atoms with E-state index in [1.54, 1.807) is 7.11 Å². The number of benzene rings is 1. The summed E-state index contributed by atoms with van der Waals surface area (Å²) < 4.78 is 10.0. The number of rotatable bonds is 5. The molecule has 0 saturated carbocycles. The van der Waals surface area contributed by atoms with Gasteiger partial charge in [-0.2, -0.15) is 0 Å². The van der Waals surface area contributed by atoms with Gasteiger partial charge in [0.1, 0.15) is 5.75 Å². The minimum atomic E-state index is -0.471. The first-order valence-electron chi connectivity index (χ1n) is 5.62. The van der Waals surface area contributed by atoms with Crippen LogP contribution in [-0.2, 0) is 16.0 Å². The van der Waals surface area contributed by atoms with Crippen molar-refractivity contribution in [2.24, 2.45) is 5.73 Å². The van der Waals surface area contributed by atoms with Crippen LogP contribution in [0.1, 0.15) is 24.0 Å². The van der Waals surface area contributed by atoms with Crippen LogP contribution in [0, 0.1) is 0 Å². The van der Waals surface area contributed by atoms with Crippen LogP contribution in [0.15, 0.2) is 18.2 Å². The van der Waals surface area contributed by atoms with Crippen LogP contribution in [0.2, 0.25) is 0 Å². The van der Waals surface area contributed by atoms with E-state index in [0.717, 1.165) is 17.5 Å². The predicted molar refractivity (Wildman–Crippen MR) is 66.2 cm³/mol. The lowest BCUT2D eigenvalue weighted by Gasteiger charge is -2.17. The standard InChI is InChI=1S/C13H19NO3/c1-4-9-5-6-12(16-2)10(7-9)11(8-14)13(15)17-3/h5-7,11H,4,8,14H2,1-3H3. The van der Waals surface area contributed by atoms with Crippen LogP contribution >= 0.6 is 0 Å². The van der Waals surface area contributed by atoms with Crippen molar-refractivity contribution in [2.45, 2.75) is 19.3 Å². The molecule has 0 aliphatic rings. The summed E-state index contributed by atoms with van der Waals surface area (Å²) in [5.74, 6) is -0.136. The van der Waals surface area contributed by atoms with Gasteiger partial charge in [0, 0.05) is 12.1 Å². The Morgan fingerprint density at radius 3 is 2.59 bits per heavy atom. The van der Waals surface area contributed by atoms with Crippen molar-refractivity contribution in [1.29, 1.82) is 0 Å². The van der Waals surface area contributed by atoms with Crippen LogP contribution in [-0.4, -0.2) is 26.7 Å². The number of methoxy groups -OCH3 is 2. The van der Waals surface area contributed by atoms with E-state index in [4.69, 9.17) is 15.2 Å². The molecule has 0 bridgehead atoms. The topological polar surface area (TPSA) is 61.5 Å². The van der Waals surface area contributed by atoms with Gasteiger partial charge in [0.15, 0.2) is 0 Å². The molecular weight excluding hydrogens is 218 g/mol. The Kier molecular flexibility index (Phi) is 4.97. The fraction of sp³-hybridized carbons (Fsp3) is 0.462. The molecule has 2 N–H and O–H groups in total. The lowest BCUT2D eigenvalue weighted by molar-refractivity contribution is -0.142. The molecule has 0 saturated heterocycles. The van der Waals surface area contributed by atoms with Crippen molar-refractivity contribution in [3.05, 3.63) is 29.3 Å². The maximum atomic E-state index is 11.7. The number of aryl methyl sites for hydroxylation is 1. The van der Waals surface area contributed by atoms with Crippen LogP contribution in [0.3, 0.4) is 0 Å². The van der Waals surface area contributed by atoms with E-state index >= 15 is 0 Å². The first-order valence-corrected chi connectivity index (χ1v) is 5.62. The summed E-state index contributed by atoms with van der Waals surface area (Å²) in [4.78, 5) is 11.7. The molecule has 0 aliphatic heterocycles. The molecule has 4 nitrogen and oxygen atoms in total. The van der Waals surface area contributed by atoms with E-state index in [1.165, 1.54) is 7.11 Å². The van der Waals surface area contributed by atoms with E-state index < -0.39 is 5.92 Å². The van der Waals surface area contributed by atoms with Gasteiger partial charge in [0.25, 0.3) is 0 Å². The fourth-order valence-electron chi connectivity index (χ4n) is 1.77. The number of nitrogens with two attached hydrogens (primary N) is 1. The smallest absolute Gasteiger partial charge is 0.314 e. The highest BCUT2D eigenvalue weighted by Crippen LogP contribution is 2.28. The quantitative estimate of drug-likeness (QED) is 0.788. The number of esters is 1. The summed E-state index contributed by atoms with van der Waals surface area (Å²) in [5.41, 5.74) is 7.57. The average molecular weight is 237 g/mol. The van der Waals surface area contributed by atoms with Crippen molar-refractivity contribution in [3.63, 3.8) is 0 Å². The molecule has 0 spiro atoms. The van der Waals surface area contributed by atoms with Crippen LogP contribution < -0.4 is 10.5 Å². The Hall–Kier alpha value is -1.55. The van der Waals surface area contributed by atoms with Gasteiger partial charge < -0.3 is 15.2 Å². The number of hydrogen-bond acceptors (Lipinski definition) is 4. The number of carbonyl (C=O) groups excluding carboxylic acids is 1. The highest BCUT2D eigenvalue weighted by atomic mass is 16.5. The van der Waals surface area contributed by atoms with Gasteiger partial charge in [-0.25, -0.2) is 0 Å². The van der Waals surface area contributed by atoms with E-state index in [2.05, 4.69) is 6.92 Å². The molecule has 0 radical (unpaired) electrons. The summed E-state index contributed by atoms with van der Waals surface area (Å²) in [6, 6.07) is 5.79. The highest BCUT2D eigenvalue weighted by molar-refractivity contribution is 5.79. The fourth-order valence-corrected chi connectivity index (χ4v) is 1.77. The minimum Gasteiger partial charge on any atom is -0.496 e. The number of ether oxygens (including phenoxy) is 2. The van der Waals surface area contributed by atoms with Gasteiger partial charge in [-0.1, -0.05) is 19.1 Å². The first kappa shape index (κ1) is 13.5. The highest BCUT2D eigenvalue weighted by Gasteiger charge is 2.23. The van der Waals surface area contributed by atoms with Gasteiger partial charge in [0.05, 0.1) is 20.1 Å². The van der Waals surface area contributed by atoms with Crippen LogP contribution in [0.5, 0.6) is 5.75 Å². The second-order valence-electron chi connectivity index (χ2n) is 3.74. The molecule has 1 rings (SSSR count).